The van der Waals surface area contributed by atoms with Gasteiger partial charge in [-0.1, -0.05) is 55.2 Å². The molecule has 2 aromatic rings. The van der Waals surface area contributed by atoms with Crippen LogP contribution < -0.4 is 11.1 Å². The van der Waals surface area contributed by atoms with E-state index < -0.39 is 11.7 Å². The first-order chi connectivity index (χ1) is 13.4. The average Bonchev–Trinajstić information content (AvgIpc) is 2.67. The van der Waals surface area contributed by atoms with E-state index in [9.17, 15) is 13.2 Å². The number of nitrogens with two attached hydrogens (primary N) is 1. The molecule has 2 aromatic carbocycles. The zero-order chi connectivity index (χ0) is 23.5. The Morgan fingerprint density at radius 1 is 0.931 bits per heavy atom. The Bertz CT molecular complexity index is 753. The lowest BCUT2D eigenvalue weighted by Crippen LogP contribution is -2.10. The Labute approximate surface area is 194 Å². The van der Waals surface area contributed by atoms with Crippen molar-refractivity contribution in [2.75, 3.05) is 18.1 Å². The van der Waals surface area contributed by atoms with Crippen molar-refractivity contribution in [3.8, 4) is 0 Å². The lowest BCUT2D eigenvalue weighted by atomic mass is 10.1. The number of anilines is 2. The summed E-state index contributed by atoms with van der Waals surface area (Å²) in [5, 5.41) is 3.42. The van der Waals surface area contributed by atoms with E-state index in [-0.39, 0.29) is 10.0 Å². The summed E-state index contributed by atoms with van der Waals surface area (Å²) >= 11 is 12.2. The molecule has 2 rings (SSSR count). The molecule has 29 heavy (non-hydrogen) atoms. The van der Waals surface area contributed by atoms with Crippen LogP contribution in [0.1, 0.15) is 49.9 Å². The van der Waals surface area contributed by atoms with Crippen LogP contribution >= 0.6 is 43.5 Å². The molecule has 0 fully saturated rings. The summed E-state index contributed by atoms with van der Waals surface area (Å²) in [7, 11) is 1.59. The smallest absolute Gasteiger partial charge is 0.398 e. The van der Waals surface area contributed by atoms with Crippen LogP contribution in [0.4, 0.5) is 24.5 Å². The molecule has 0 heterocycles. The van der Waals surface area contributed by atoms with E-state index in [0.29, 0.717) is 10.7 Å². The van der Waals surface area contributed by atoms with Crippen LogP contribution in [0.2, 0.25) is 5.02 Å². The molecule has 0 aliphatic heterocycles. The Kier molecular flexibility index (Phi) is 14.8. The largest absolute Gasteiger partial charge is 0.417 e. The number of nitrogens with one attached hydrogen (secondary N) is 1. The Hall–Kier alpha value is -0.920. The maximum atomic E-state index is 12.6. The number of hydrogen-bond acceptors (Lipinski definition) is 2. The van der Waals surface area contributed by atoms with Crippen molar-refractivity contribution in [1.82, 2.24) is 0 Å². The lowest BCUT2D eigenvalue weighted by Gasteiger charge is -2.15. The predicted octanol–water partition coefficient (Wildman–Crippen LogP) is 9.17. The van der Waals surface area contributed by atoms with E-state index in [1.807, 2.05) is 47.6 Å². The number of hydrogen-bond donors (Lipinski definition) is 2. The number of aryl methyl sites for hydroxylation is 1. The molecule has 0 radical (unpaired) electrons. The van der Waals surface area contributed by atoms with Gasteiger partial charge < -0.3 is 11.1 Å². The van der Waals surface area contributed by atoms with Crippen LogP contribution in [-0.4, -0.2) is 7.05 Å². The van der Waals surface area contributed by atoms with E-state index in [4.69, 9.17) is 17.3 Å². The van der Waals surface area contributed by atoms with E-state index in [2.05, 4.69) is 37.2 Å². The van der Waals surface area contributed by atoms with Crippen molar-refractivity contribution < 1.29 is 13.2 Å². The first kappa shape index (κ1) is 30.3. The summed E-state index contributed by atoms with van der Waals surface area (Å²) in [4.78, 5) is 0. The summed E-state index contributed by atoms with van der Waals surface area (Å²) in [6.07, 6.45) is -4.32. The highest BCUT2D eigenvalue weighted by atomic mass is 79.9. The van der Waals surface area contributed by atoms with Gasteiger partial charge in [0.25, 0.3) is 0 Å². The SMILES string of the molecule is CC.CC.CNc1ccc(Br)c(C(F)(F)F)c1C.Cc1cc(Br)c(Cl)c(C)c1N. The van der Waals surface area contributed by atoms with Gasteiger partial charge in [0.15, 0.2) is 0 Å². The van der Waals surface area contributed by atoms with Crippen LogP contribution in [0, 0.1) is 20.8 Å². The average molecular weight is 563 g/mol. The molecule has 0 amide bonds. The van der Waals surface area contributed by atoms with Gasteiger partial charge in [0.1, 0.15) is 0 Å². The molecule has 0 spiro atoms. The van der Waals surface area contributed by atoms with Crippen LogP contribution in [0.5, 0.6) is 0 Å². The molecule has 166 valence electrons. The van der Waals surface area contributed by atoms with Gasteiger partial charge in [0, 0.05) is 27.4 Å². The van der Waals surface area contributed by atoms with E-state index in [0.717, 1.165) is 21.3 Å². The molecular weight excluding hydrogens is 533 g/mol. The highest BCUT2D eigenvalue weighted by Gasteiger charge is 2.35. The fourth-order valence-electron chi connectivity index (χ4n) is 2.22. The molecule has 8 heteroatoms. The minimum atomic E-state index is -4.32. The normalized spacial score (nSPS) is 9.86. The van der Waals surface area contributed by atoms with Crippen molar-refractivity contribution in [3.05, 3.63) is 54.4 Å². The third-order valence-electron chi connectivity index (χ3n) is 3.68. The minimum Gasteiger partial charge on any atom is -0.398 e. The maximum absolute atomic E-state index is 12.6. The molecule has 0 atom stereocenters. The third-order valence-corrected chi connectivity index (χ3v) is 5.68. The van der Waals surface area contributed by atoms with Gasteiger partial charge in [-0.2, -0.15) is 13.2 Å². The maximum Gasteiger partial charge on any atom is 0.417 e. The summed E-state index contributed by atoms with van der Waals surface area (Å²) < 4.78 is 38.7. The van der Waals surface area contributed by atoms with E-state index >= 15 is 0 Å². The minimum absolute atomic E-state index is 0.0708. The Morgan fingerprint density at radius 3 is 1.83 bits per heavy atom. The number of halogens is 6. The standard InChI is InChI=1S/C9H9BrF3N.C8H9BrClN.2C2H6/c1-5-7(14-2)4-3-6(10)8(5)9(11,12)13;1-4-3-6(9)7(10)5(2)8(4)11;2*1-2/h3-4,14H,1-2H3;3H,11H2,1-2H3;2*1-2H3. The zero-order valence-corrected chi connectivity index (χ0v) is 22.0. The van der Waals surface area contributed by atoms with Gasteiger partial charge in [-0.25, -0.2) is 0 Å². The first-order valence-corrected chi connectivity index (χ1v) is 11.1. The monoisotopic (exact) mass is 560 g/mol. The van der Waals surface area contributed by atoms with Crippen LogP contribution in [0.25, 0.3) is 0 Å². The Balaban J connectivity index is 0. The van der Waals surface area contributed by atoms with Gasteiger partial charge in [-0.05, 0) is 71.6 Å². The molecule has 0 unspecified atom stereocenters. The summed E-state index contributed by atoms with van der Waals surface area (Å²) in [5.74, 6) is 0. The highest BCUT2D eigenvalue weighted by Crippen LogP contribution is 2.39. The number of alkyl halides is 3. The molecule has 0 aromatic heterocycles. The number of rotatable bonds is 1. The van der Waals surface area contributed by atoms with Gasteiger partial charge in [0.05, 0.1) is 10.6 Å². The highest BCUT2D eigenvalue weighted by molar-refractivity contribution is 9.10. The fourth-order valence-corrected chi connectivity index (χ4v) is 3.67. The summed E-state index contributed by atoms with van der Waals surface area (Å²) in [6.45, 7) is 13.3. The second kappa shape index (κ2) is 14.1. The van der Waals surface area contributed by atoms with Crippen molar-refractivity contribution in [3.63, 3.8) is 0 Å². The van der Waals surface area contributed by atoms with Crippen LogP contribution in [-0.2, 0) is 6.18 Å². The molecule has 0 bridgehead atoms. The van der Waals surface area contributed by atoms with E-state index in [1.165, 1.54) is 13.0 Å². The van der Waals surface area contributed by atoms with Gasteiger partial charge in [0.2, 0.25) is 0 Å². The predicted molar refractivity (Wildman–Crippen MR) is 129 cm³/mol. The fraction of sp³-hybridized carbons (Fsp3) is 0.429. The molecule has 0 aliphatic rings. The van der Waals surface area contributed by atoms with Crippen molar-refractivity contribution in [1.29, 1.82) is 0 Å². The zero-order valence-electron chi connectivity index (χ0n) is 18.1. The Morgan fingerprint density at radius 2 is 1.41 bits per heavy atom. The van der Waals surface area contributed by atoms with Gasteiger partial charge in [-0.3, -0.25) is 0 Å². The molecule has 3 N–H and O–H groups in total. The topological polar surface area (TPSA) is 38.0 Å². The van der Waals surface area contributed by atoms with Crippen molar-refractivity contribution >= 4 is 54.8 Å². The van der Waals surface area contributed by atoms with Gasteiger partial charge in [-0.15, -0.1) is 0 Å². The van der Waals surface area contributed by atoms with E-state index in [1.54, 1.807) is 13.1 Å². The number of nitrogen functional groups attached to an aromatic ring is 1. The second-order valence-electron chi connectivity index (χ2n) is 5.37. The van der Waals surface area contributed by atoms with Crippen LogP contribution in [0.15, 0.2) is 27.1 Å². The number of benzene rings is 2. The molecule has 2 nitrogen and oxygen atoms in total. The van der Waals surface area contributed by atoms with Crippen molar-refractivity contribution in [2.24, 2.45) is 0 Å². The lowest BCUT2D eigenvalue weighted by molar-refractivity contribution is -0.138. The quantitative estimate of drug-likeness (QED) is 0.340. The molecule has 0 saturated carbocycles. The molecule has 0 saturated heterocycles. The molecular formula is C21H30Br2ClF3N2. The summed E-state index contributed by atoms with van der Waals surface area (Å²) in [5.41, 5.74) is 8.59. The second-order valence-corrected chi connectivity index (χ2v) is 7.46. The third kappa shape index (κ3) is 8.77. The van der Waals surface area contributed by atoms with Gasteiger partial charge >= 0.3 is 6.18 Å². The summed E-state index contributed by atoms with van der Waals surface area (Å²) in [6, 6.07) is 4.92. The first-order valence-electron chi connectivity index (χ1n) is 9.16. The molecule has 0 aliphatic carbocycles. The van der Waals surface area contributed by atoms with Crippen LogP contribution in [0.3, 0.4) is 0 Å². The van der Waals surface area contributed by atoms with Crippen molar-refractivity contribution in [2.45, 2.75) is 54.6 Å².